The molecule has 0 unspecified atom stereocenters. The Bertz CT molecular complexity index is 982. The molecule has 0 aliphatic heterocycles. The molecule has 7 heteroatoms. The molecule has 0 spiro atoms. The van der Waals surface area contributed by atoms with Crippen LogP contribution in [0.3, 0.4) is 0 Å². The maximum absolute atomic E-state index is 13.1. The van der Waals surface area contributed by atoms with Crippen molar-refractivity contribution in [2.45, 2.75) is 13.0 Å². The fourth-order valence-electron chi connectivity index (χ4n) is 2.60. The second-order valence-electron chi connectivity index (χ2n) is 5.14. The summed E-state index contributed by atoms with van der Waals surface area (Å²) in [6.45, 7) is 0.100. The molecule has 23 heavy (non-hydrogen) atoms. The lowest BCUT2D eigenvalue weighted by atomic mass is 10.1. The predicted octanol–water partition coefficient (Wildman–Crippen LogP) is 2.59. The zero-order valence-electron chi connectivity index (χ0n) is 12.2. The SMILES string of the molecule is Cn1cc(Cn2cc(C#N)c(=O)c3ccccc32)c(C(F)F)n1. The zero-order chi connectivity index (χ0) is 16.6. The van der Waals surface area contributed by atoms with Gasteiger partial charge in [0.2, 0.25) is 5.43 Å². The van der Waals surface area contributed by atoms with Gasteiger partial charge < -0.3 is 4.57 Å². The highest BCUT2D eigenvalue weighted by Crippen LogP contribution is 2.23. The molecule has 0 radical (unpaired) electrons. The first-order valence-electron chi connectivity index (χ1n) is 6.84. The molecule has 3 aromatic rings. The molecule has 0 N–H and O–H groups in total. The molecule has 0 atom stereocenters. The molecule has 0 bridgehead atoms. The summed E-state index contributed by atoms with van der Waals surface area (Å²) in [5, 5.41) is 13.3. The number of nitrogens with zero attached hydrogens (tertiary/aromatic N) is 4. The Morgan fingerprint density at radius 2 is 2.04 bits per heavy atom. The third-order valence-electron chi connectivity index (χ3n) is 3.59. The largest absolute Gasteiger partial charge is 0.341 e. The Morgan fingerprint density at radius 3 is 2.74 bits per heavy atom. The maximum Gasteiger partial charge on any atom is 0.282 e. The number of rotatable bonds is 3. The summed E-state index contributed by atoms with van der Waals surface area (Å²) in [5.74, 6) is 0. The summed E-state index contributed by atoms with van der Waals surface area (Å²) < 4.78 is 29.1. The van der Waals surface area contributed by atoms with Crippen molar-refractivity contribution in [3.63, 3.8) is 0 Å². The lowest BCUT2D eigenvalue weighted by Gasteiger charge is -2.11. The van der Waals surface area contributed by atoms with E-state index in [4.69, 9.17) is 5.26 Å². The summed E-state index contributed by atoms with van der Waals surface area (Å²) in [7, 11) is 1.57. The maximum atomic E-state index is 13.1. The van der Waals surface area contributed by atoms with Crippen LogP contribution < -0.4 is 5.43 Å². The number of pyridine rings is 1. The Kier molecular flexibility index (Phi) is 3.66. The zero-order valence-corrected chi connectivity index (χ0v) is 12.2. The predicted molar refractivity (Wildman–Crippen MR) is 80.2 cm³/mol. The van der Waals surface area contributed by atoms with Crippen LogP contribution in [0.4, 0.5) is 8.78 Å². The molecule has 2 heterocycles. The Labute approximate surface area is 130 Å². The van der Waals surface area contributed by atoms with Gasteiger partial charge in [-0.15, -0.1) is 0 Å². The molecule has 0 saturated carbocycles. The van der Waals surface area contributed by atoms with Gasteiger partial charge in [-0.1, -0.05) is 12.1 Å². The van der Waals surface area contributed by atoms with Gasteiger partial charge in [-0.2, -0.15) is 10.4 Å². The number of hydrogen-bond donors (Lipinski definition) is 0. The van der Waals surface area contributed by atoms with Gasteiger partial charge in [0.05, 0.1) is 12.1 Å². The third kappa shape index (κ3) is 2.59. The third-order valence-corrected chi connectivity index (χ3v) is 3.59. The van der Waals surface area contributed by atoms with Crippen molar-refractivity contribution in [2.24, 2.45) is 7.05 Å². The van der Waals surface area contributed by atoms with Crippen LogP contribution in [-0.4, -0.2) is 14.3 Å². The van der Waals surface area contributed by atoms with E-state index in [1.807, 2.05) is 6.07 Å². The van der Waals surface area contributed by atoms with Gasteiger partial charge in [0.15, 0.2) is 0 Å². The normalized spacial score (nSPS) is 11.1. The van der Waals surface area contributed by atoms with Gasteiger partial charge in [0, 0.05) is 30.4 Å². The van der Waals surface area contributed by atoms with Crippen molar-refractivity contribution >= 4 is 10.9 Å². The van der Waals surface area contributed by atoms with Crippen LogP contribution >= 0.6 is 0 Å². The molecule has 0 amide bonds. The van der Waals surface area contributed by atoms with Gasteiger partial charge in [0.25, 0.3) is 6.43 Å². The minimum absolute atomic E-state index is 0.0220. The molecular formula is C16H12F2N4O. The molecule has 0 aliphatic rings. The highest BCUT2D eigenvalue weighted by atomic mass is 19.3. The van der Waals surface area contributed by atoms with Crippen molar-refractivity contribution in [3.8, 4) is 6.07 Å². The standard InChI is InChI=1S/C16H12F2N4O/c1-21-7-11(14(20-21)16(17)18)9-22-8-10(6-19)15(23)12-4-2-3-5-13(12)22/h2-5,7-8,16H,9H2,1H3. The van der Waals surface area contributed by atoms with Gasteiger partial charge in [-0.05, 0) is 12.1 Å². The fraction of sp³-hybridized carbons (Fsp3) is 0.188. The molecule has 116 valence electrons. The summed E-state index contributed by atoms with van der Waals surface area (Å²) >= 11 is 0. The van der Waals surface area contributed by atoms with E-state index >= 15 is 0 Å². The minimum atomic E-state index is -2.69. The highest BCUT2D eigenvalue weighted by molar-refractivity contribution is 5.80. The second kappa shape index (κ2) is 5.65. The van der Waals surface area contributed by atoms with Crippen molar-refractivity contribution in [1.29, 1.82) is 5.26 Å². The van der Waals surface area contributed by atoms with E-state index in [-0.39, 0.29) is 23.2 Å². The van der Waals surface area contributed by atoms with Crippen molar-refractivity contribution in [2.75, 3.05) is 0 Å². The lowest BCUT2D eigenvalue weighted by molar-refractivity contribution is 0.144. The molecule has 3 rings (SSSR count). The van der Waals surface area contributed by atoms with Crippen LogP contribution in [0.5, 0.6) is 0 Å². The fourth-order valence-corrected chi connectivity index (χ4v) is 2.60. The molecule has 0 saturated heterocycles. The van der Waals surface area contributed by atoms with Gasteiger partial charge in [0.1, 0.15) is 17.3 Å². The average Bonchev–Trinajstić information content (AvgIpc) is 2.91. The number of nitriles is 1. The molecule has 5 nitrogen and oxygen atoms in total. The molecular weight excluding hydrogens is 302 g/mol. The van der Waals surface area contributed by atoms with E-state index < -0.39 is 6.43 Å². The number of benzene rings is 1. The number of fused-ring (bicyclic) bond motifs is 1. The minimum Gasteiger partial charge on any atom is -0.341 e. The molecule has 1 aromatic carbocycles. The summed E-state index contributed by atoms with van der Waals surface area (Å²) in [6, 6.07) is 8.64. The summed E-state index contributed by atoms with van der Waals surface area (Å²) in [5.41, 5.74) is 0.250. The van der Waals surface area contributed by atoms with E-state index in [0.717, 1.165) is 0 Å². The van der Waals surface area contributed by atoms with Crippen molar-refractivity contribution < 1.29 is 8.78 Å². The molecule has 0 fully saturated rings. The van der Waals surface area contributed by atoms with Gasteiger partial charge in [-0.3, -0.25) is 9.48 Å². The second-order valence-corrected chi connectivity index (χ2v) is 5.14. The van der Waals surface area contributed by atoms with Crippen LogP contribution in [0.2, 0.25) is 0 Å². The first kappa shape index (κ1) is 14.9. The van der Waals surface area contributed by atoms with Crippen LogP contribution in [0, 0.1) is 11.3 Å². The number of halogens is 2. The van der Waals surface area contributed by atoms with Crippen LogP contribution in [0.1, 0.15) is 23.2 Å². The van der Waals surface area contributed by atoms with E-state index in [2.05, 4.69) is 5.10 Å². The number of alkyl halides is 2. The van der Waals surface area contributed by atoms with Crippen LogP contribution in [0.15, 0.2) is 41.5 Å². The van der Waals surface area contributed by atoms with Crippen molar-refractivity contribution in [3.05, 3.63) is 63.7 Å². The monoisotopic (exact) mass is 314 g/mol. The van der Waals surface area contributed by atoms with Crippen LogP contribution in [0.25, 0.3) is 10.9 Å². The molecule has 0 aliphatic carbocycles. The van der Waals surface area contributed by atoms with Crippen molar-refractivity contribution in [1.82, 2.24) is 14.3 Å². The summed E-state index contributed by atoms with van der Waals surface area (Å²) in [6.07, 6.45) is 0.222. The highest BCUT2D eigenvalue weighted by Gasteiger charge is 2.18. The average molecular weight is 314 g/mol. The van der Waals surface area contributed by atoms with E-state index in [0.29, 0.717) is 16.5 Å². The van der Waals surface area contributed by atoms with Gasteiger partial charge in [-0.25, -0.2) is 8.78 Å². The first-order chi connectivity index (χ1) is 11.0. The number of hydrogen-bond acceptors (Lipinski definition) is 3. The van der Waals surface area contributed by atoms with E-state index in [1.165, 1.54) is 17.1 Å². The number of aryl methyl sites for hydroxylation is 1. The topological polar surface area (TPSA) is 63.6 Å². The molecule has 2 aromatic heterocycles. The quantitative estimate of drug-likeness (QED) is 0.746. The van der Waals surface area contributed by atoms with E-state index in [9.17, 15) is 13.6 Å². The Morgan fingerprint density at radius 1 is 1.30 bits per heavy atom. The summed E-state index contributed by atoms with van der Waals surface area (Å²) in [4.78, 5) is 12.2. The lowest BCUT2D eigenvalue weighted by Crippen LogP contribution is -2.13. The Balaban J connectivity index is 2.20. The van der Waals surface area contributed by atoms with Crippen LogP contribution in [-0.2, 0) is 13.6 Å². The van der Waals surface area contributed by atoms with E-state index in [1.54, 1.807) is 35.9 Å². The first-order valence-corrected chi connectivity index (χ1v) is 6.84. The van der Waals surface area contributed by atoms with Gasteiger partial charge >= 0.3 is 0 Å². The number of aromatic nitrogens is 3. The number of para-hydroxylation sites is 1. The smallest absolute Gasteiger partial charge is 0.282 e. The Hall–Kier alpha value is -3.01.